The predicted molar refractivity (Wildman–Crippen MR) is 141 cm³/mol. The van der Waals surface area contributed by atoms with Gasteiger partial charge in [0, 0.05) is 16.2 Å². The van der Waals surface area contributed by atoms with Gasteiger partial charge < -0.3 is 4.57 Å². The van der Waals surface area contributed by atoms with E-state index in [1.807, 2.05) is 0 Å². The molecule has 0 spiro atoms. The third-order valence-corrected chi connectivity index (χ3v) is 6.77. The zero-order valence-electron chi connectivity index (χ0n) is 18.1. The number of fused-ring (bicyclic) bond motifs is 6. The van der Waals surface area contributed by atoms with Crippen LogP contribution in [0.5, 0.6) is 0 Å². The molecule has 0 aliphatic carbocycles. The summed E-state index contributed by atoms with van der Waals surface area (Å²) in [5.41, 5.74) is 6.18. The molecule has 0 fully saturated rings. The number of rotatable bonds is 2. The molecule has 0 atom stereocenters. The van der Waals surface area contributed by atoms with E-state index < -0.39 is 0 Å². The Morgan fingerprint density at radius 2 is 1.06 bits per heavy atom. The van der Waals surface area contributed by atoms with Crippen LogP contribution in [0.25, 0.3) is 60.2 Å². The van der Waals surface area contributed by atoms with Crippen molar-refractivity contribution in [3.8, 4) is 16.8 Å². The minimum absolute atomic E-state index is 1.22. The molecule has 0 aliphatic rings. The highest BCUT2D eigenvalue weighted by molar-refractivity contribution is 6.22. The molecule has 154 valence electrons. The van der Waals surface area contributed by atoms with E-state index in [0.717, 1.165) is 0 Å². The summed E-state index contributed by atoms with van der Waals surface area (Å²) in [5, 5.41) is 7.69. The zero-order valence-corrected chi connectivity index (χ0v) is 18.1. The summed E-state index contributed by atoms with van der Waals surface area (Å²) in [6, 6.07) is 46.0. The number of hydrogen-bond acceptors (Lipinski definition) is 0. The summed E-state index contributed by atoms with van der Waals surface area (Å²) < 4.78 is 2.44. The number of nitrogens with zero attached hydrogens (tertiary/aromatic N) is 1. The molecule has 0 saturated heterocycles. The van der Waals surface area contributed by atoms with E-state index >= 15 is 0 Å². The standard InChI is InChI=1S/C32H21N/c1-2-9-22(10-3-1)25-18-19-30-28(21-25)32-27-15-7-5-12-24(27)17-20-31(32)33(30)29-16-8-13-23-11-4-6-14-26(23)29/h1-21H. The first kappa shape index (κ1) is 18.2. The quantitative estimate of drug-likeness (QED) is 0.264. The molecule has 0 saturated carbocycles. The van der Waals surface area contributed by atoms with Gasteiger partial charge in [-0.15, -0.1) is 0 Å². The van der Waals surface area contributed by atoms with Gasteiger partial charge in [0.15, 0.2) is 0 Å². The van der Waals surface area contributed by atoms with Crippen LogP contribution < -0.4 is 0 Å². The molecule has 0 bridgehead atoms. The van der Waals surface area contributed by atoms with Gasteiger partial charge >= 0.3 is 0 Å². The van der Waals surface area contributed by atoms with E-state index in [9.17, 15) is 0 Å². The van der Waals surface area contributed by atoms with Gasteiger partial charge in [-0.3, -0.25) is 0 Å². The summed E-state index contributed by atoms with van der Waals surface area (Å²) in [6.45, 7) is 0. The molecule has 0 radical (unpaired) electrons. The third-order valence-electron chi connectivity index (χ3n) is 6.77. The van der Waals surface area contributed by atoms with Crippen molar-refractivity contribution in [2.75, 3.05) is 0 Å². The van der Waals surface area contributed by atoms with E-state index in [0.29, 0.717) is 0 Å². The largest absolute Gasteiger partial charge is 0.309 e. The van der Waals surface area contributed by atoms with Crippen molar-refractivity contribution in [3.05, 3.63) is 127 Å². The molecular weight excluding hydrogens is 398 g/mol. The van der Waals surface area contributed by atoms with Gasteiger partial charge in [-0.1, -0.05) is 103 Å². The van der Waals surface area contributed by atoms with Crippen molar-refractivity contribution in [3.63, 3.8) is 0 Å². The predicted octanol–water partition coefficient (Wildman–Crippen LogP) is 8.76. The highest BCUT2D eigenvalue weighted by Gasteiger charge is 2.16. The molecule has 6 aromatic carbocycles. The van der Waals surface area contributed by atoms with E-state index in [1.165, 1.54) is 60.2 Å². The average Bonchev–Trinajstić information content (AvgIpc) is 3.23. The summed E-state index contributed by atoms with van der Waals surface area (Å²) in [6.07, 6.45) is 0. The second kappa shape index (κ2) is 7.08. The highest BCUT2D eigenvalue weighted by atomic mass is 15.0. The topological polar surface area (TPSA) is 4.93 Å². The molecule has 0 unspecified atom stereocenters. The Hall–Kier alpha value is -4.36. The van der Waals surface area contributed by atoms with Crippen molar-refractivity contribution >= 4 is 43.4 Å². The van der Waals surface area contributed by atoms with Crippen molar-refractivity contribution in [1.29, 1.82) is 0 Å². The van der Waals surface area contributed by atoms with Crippen LogP contribution >= 0.6 is 0 Å². The van der Waals surface area contributed by atoms with Crippen LogP contribution in [-0.4, -0.2) is 4.57 Å². The Balaban J connectivity index is 1.67. The Bertz CT molecular complexity index is 1800. The van der Waals surface area contributed by atoms with Crippen molar-refractivity contribution in [1.82, 2.24) is 4.57 Å². The number of hydrogen-bond donors (Lipinski definition) is 0. The maximum Gasteiger partial charge on any atom is 0.0547 e. The van der Waals surface area contributed by atoms with Crippen molar-refractivity contribution in [2.24, 2.45) is 0 Å². The first-order valence-electron chi connectivity index (χ1n) is 11.4. The summed E-state index contributed by atoms with van der Waals surface area (Å²) in [7, 11) is 0. The molecule has 7 rings (SSSR count). The SMILES string of the molecule is c1ccc(-c2ccc3c(c2)c2c4ccccc4ccc2n3-c2cccc3ccccc23)cc1. The Morgan fingerprint density at radius 3 is 1.91 bits per heavy atom. The van der Waals surface area contributed by atoms with Gasteiger partial charge in [-0.25, -0.2) is 0 Å². The number of benzene rings is 6. The maximum absolute atomic E-state index is 2.44. The van der Waals surface area contributed by atoms with Gasteiger partial charge in [0.05, 0.1) is 16.7 Å². The lowest BCUT2D eigenvalue weighted by Crippen LogP contribution is -1.95. The first-order valence-corrected chi connectivity index (χ1v) is 11.4. The second-order valence-electron chi connectivity index (χ2n) is 8.61. The number of aromatic nitrogens is 1. The highest BCUT2D eigenvalue weighted by Crippen LogP contribution is 2.39. The van der Waals surface area contributed by atoms with Gasteiger partial charge in [-0.05, 0) is 51.6 Å². The van der Waals surface area contributed by atoms with Crippen LogP contribution in [-0.2, 0) is 0 Å². The summed E-state index contributed by atoms with van der Waals surface area (Å²) in [4.78, 5) is 0. The lowest BCUT2D eigenvalue weighted by Gasteiger charge is -2.12. The zero-order chi connectivity index (χ0) is 21.8. The normalized spacial score (nSPS) is 11.6. The van der Waals surface area contributed by atoms with Gasteiger partial charge in [0.2, 0.25) is 0 Å². The molecular formula is C32H21N. The fourth-order valence-corrected chi connectivity index (χ4v) is 5.26. The van der Waals surface area contributed by atoms with Gasteiger partial charge in [0.1, 0.15) is 0 Å². The van der Waals surface area contributed by atoms with Crippen LogP contribution in [0.2, 0.25) is 0 Å². The molecule has 7 aromatic rings. The Kier molecular flexibility index (Phi) is 3.91. The Labute approximate surface area is 192 Å². The summed E-state index contributed by atoms with van der Waals surface area (Å²) >= 11 is 0. The van der Waals surface area contributed by atoms with Crippen LogP contribution in [0.4, 0.5) is 0 Å². The van der Waals surface area contributed by atoms with Crippen LogP contribution in [0.3, 0.4) is 0 Å². The molecule has 0 N–H and O–H groups in total. The van der Waals surface area contributed by atoms with E-state index in [1.54, 1.807) is 0 Å². The molecule has 0 aliphatic heterocycles. The molecule has 1 heteroatoms. The van der Waals surface area contributed by atoms with Gasteiger partial charge in [-0.2, -0.15) is 0 Å². The average molecular weight is 420 g/mol. The van der Waals surface area contributed by atoms with E-state index in [2.05, 4.69) is 132 Å². The van der Waals surface area contributed by atoms with Gasteiger partial charge in [0.25, 0.3) is 0 Å². The fourth-order valence-electron chi connectivity index (χ4n) is 5.26. The van der Waals surface area contributed by atoms with Crippen LogP contribution in [0, 0.1) is 0 Å². The van der Waals surface area contributed by atoms with Crippen molar-refractivity contribution < 1.29 is 0 Å². The van der Waals surface area contributed by atoms with Crippen molar-refractivity contribution in [2.45, 2.75) is 0 Å². The minimum atomic E-state index is 1.22. The molecule has 1 heterocycles. The maximum atomic E-state index is 2.44. The second-order valence-corrected chi connectivity index (χ2v) is 8.61. The molecule has 1 aromatic heterocycles. The van der Waals surface area contributed by atoms with Crippen LogP contribution in [0.15, 0.2) is 127 Å². The minimum Gasteiger partial charge on any atom is -0.309 e. The van der Waals surface area contributed by atoms with E-state index in [-0.39, 0.29) is 0 Å². The van der Waals surface area contributed by atoms with Crippen LogP contribution in [0.1, 0.15) is 0 Å². The summed E-state index contributed by atoms with van der Waals surface area (Å²) in [5.74, 6) is 0. The lowest BCUT2D eigenvalue weighted by atomic mass is 10.0. The first-order chi connectivity index (χ1) is 16.4. The molecule has 1 nitrogen and oxygen atoms in total. The van der Waals surface area contributed by atoms with E-state index in [4.69, 9.17) is 0 Å². The fraction of sp³-hybridized carbons (Fsp3) is 0. The smallest absolute Gasteiger partial charge is 0.0547 e. The monoisotopic (exact) mass is 419 g/mol. The molecule has 0 amide bonds. The molecule has 33 heavy (non-hydrogen) atoms. The Morgan fingerprint density at radius 1 is 0.394 bits per heavy atom. The lowest BCUT2D eigenvalue weighted by molar-refractivity contribution is 1.20. The third kappa shape index (κ3) is 2.73.